The molecule has 0 aliphatic carbocycles. The van der Waals surface area contributed by atoms with E-state index in [1.807, 2.05) is 61.5 Å². The molecule has 1 N–H and O–H groups in total. The van der Waals surface area contributed by atoms with Crippen LogP contribution < -0.4 is 9.62 Å². The highest BCUT2D eigenvalue weighted by Gasteiger charge is 2.39. The van der Waals surface area contributed by atoms with Crippen molar-refractivity contribution >= 4 is 32.9 Å². The van der Waals surface area contributed by atoms with Crippen LogP contribution >= 0.6 is 0 Å². The molecule has 146 valence electrons. The highest BCUT2D eigenvalue weighted by molar-refractivity contribution is 7.97. The summed E-state index contributed by atoms with van der Waals surface area (Å²) in [6.07, 6.45) is 0. The molecule has 3 aromatic rings. The number of nitrogens with one attached hydrogen (secondary N) is 1. The maximum atomic E-state index is 13.4. The maximum absolute atomic E-state index is 13.4. The fraction of sp³-hybridized carbons (Fsp3) is 0.0870. The van der Waals surface area contributed by atoms with Gasteiger partial charge in [-0.05, 0) is 36.2 Å². The van der Waals surface area contributed by atoms with Gasteiger partial charge in [0.1, 0.15) is 0 Å². The van der Waals surface area contributed by atoms with E-state index < -0.39 is 15.9 Å². The second-order valence-corrected chi connectivity index (χ2v) is 8.79. The summed E-state index contributed by atoms with van der Waals surface area (Å²) in [7, 11) is -2.57. The third kappa shape index (κ3) is 3.32. The summed E-state index contributed by atoms with van der Waals surface area (Å²) in [6.45, 7) is 1.91. The van der Waals surface area contributed by atoms with Crippen LogP contribution in [-0.4, -0.2) is 21.4 Å². The van der Waals surface area contributed by atoms with Gasteiger partial charge >= 0.3 is 0 Å². The fourth-order valence-electron chi connectivity index (χ4n) is 3.51. The molecule has 1 heterocycles. The number of hydrogen-bond acceptors (Lipinski definition) is 3. The SMILES string of the molecule is Cc1cccc(NC(=O)C2=C(c3ccccc3)c3ccccc3N(C)S2(=O)=O)c1. The first kappa shape index (κ1) is 19.0. The minimum atomic E-state index is -4.04. The second kappa shape index (κ2) is 7.22. The van der Waals surface area contributed by atoms with Gasteiger partial charge in [0.05, 0.1) is 5.69 Å². The van der Waals surface area contributed by atoms with Crippen molar-refractivity contribution in [3.63, 3.8) is 0 Å². The van der Waals surface area contributed by atoms with Crippen molar-refractivity contribution < 1.29 is 13.2 Å². The molecule has 1 aliphatic heterocycles. The third-order valence-corrected chi connectivity index (χ3v) is 6.73. The number of carbonyl (C=O) groups is 1. The number of nitrogens with zero attached hydrogens (tertiary/aromatic N) is 1. The Morgan fingerprint density at radius 2 is 1.59 bits per heavy atom. The zero-order chi connectivity index (χ0) is 20.6. The molecule has 0 atom stereocenters. The Hall–Kier alpha value is -3.38. The number of sulfonamides is 1. The predicted octanol–water partition coefficient (Wildman–Crippen LogP) is 4.17. The molecule has 1 amide bonds. The van der Waals surface area contributed by atoms with E-state index in [9.17, 15) is 13.2 Å². The summed E-state index contributed by atoms with van der Waals surface area (Å²) in [6, 6.07) is 23.6. The predicted molar refractivity (Wildman–Crippen MR) is 116 cm³/mol. The monoisotopic (exact) mass is 404 g/mol. The van der Waals surface area contributed by atoms with Crippen molar-refractivity contribution in [3.8, 4) is 0 Å². The van der Waals surface area contributed by atoms with E-state index in [-0.39, 0.29) is 4.91 Å². The van der Waals surface area contributed by atoms with Gasteiger partial charge in [0.2, 0.25) is 0 Å². The largest absolute Gasteiger partial charge is 0.321 e. The molecular formula is C23H20N2O3S. The van der Waals surface area contributed by atoms with Crippen molar-refractivity contribution in [1.29, 1.82) is 0 Å². The first-order chi connectivity index (χ1) is 13.9. The summed E-state index contributed by atoms with van der Waals surface area (Å²) in [5.41, 5.74) is 3.83. The molecule has 3 aromatic carbocycles. The molecule has 29 heavy (non-hydrogen) atoms. The summed E-state index contributed by atoms with van der Waals surface area (Å²) in [4.78, 5) is 13.0. The van der Waals surface area contributed by atoms with Crippen molar-refractivity contribution in [2.24, 2.45) is 0 Å². The molecular weight excluding hydrogens is 384 g/mol. The molecule has 0 unspecified atom stereocenters. The molecule has 0 saturated carbocycles. The summed E-state index contributed by atoms with van der Waals surface area (Å²) in [5.74, 6) is -0.657. The maximum Gasteiger partial charge on any atom is 0.270 e. The number of amides is 1. The number of aryl methyl sites for hydroxylation is 1. The number of fused-ring (bicyclic) bond motifs is 1. The van der Waals surface area contributed by atoms with Gasteiger partial charge in [-0.15, -0.1) is 0 Å². The Morgan fingerprint density at radius 3 is 2.31 bits per heavy atom. The second-order valence-electron chi connectivity index (χ2n) is 6.88. The van der Waals surface area contributed by atoms with Gasteiger partial charge in [-0.1, -0.05) is 60.7 Å². The van der Waals surface area contributed by atoms with E-state index in [0.717, 1.165) is 5.56 Å². The van der Waals surface area contributed by atoms with Crippen LogP contribution in [0.25, 0.3) is 5.57 Å². The Bertz CT molecular complexity index is 1230. The Kier molecular flexibility index (Phi) is 4.72. The van der Waals surface area contributed by atoms with Gasteiger partial charge in [0, 0.05) is 23.9 Å². The van der Waals surface area contributed by atoms with E-state index in [1.54, 1.807) is 24.3 Å². The molecule has 6 heteroatoms. The van der Waals surface area contributed by atoms with Gasteiger partial charge in [-0.3, -0.25) is 9.10 Å². The molecule has 0 radical (unpaired) electrons. The van der Waals surface area contributed by atoms with Crippen LogP contribution in [0.4, 0.5) is 11.4 Å². The van der Waals surface area contributed by atoms with Crippen molar-refractivity contribution in [3.05, 3.63) is 100 Å². The molecule has 0 aromatic heterocycles. The number of hydrogen-bond donors (Lipinski definition) is 1. The normalized spacial score (nSPS) is 15.0. The smallest absolute Gasteiger partial charge is 0.270 e. The summed E-state index contributed by atoms with van der Waals surface area (Å²) < 4.78 is 27.9. The van der Waals surface area contributed by atoms with Crippen LogP contribution in [0.3, 0.4) is 0 Å². The average Bonchev–Trinajstić information content (AvgIpc) is 2.71. The molecule has 0 spiro atoms. The lowest BCUT2D eigenvalue weighted by molar-refractivity contribution is -0.112. The topological polar surface area (TPSA) is 66.5 Å². The Labute approximate surface area is 170 Å². The minimum absolute atomic E-state index is 0.258. The lowest BCUT2D eigenvalue weighted by Crippen LogP contribution is -2.37. The zero-order valence-electron chi connectivity index (χ0n) is 16.1. The first-order valence-electron chi connectivity index (χ1n) is 9.15. The summed E-state index contributed by atoms with van der Waals surface area (Å²) in [5, 5.41) is 2.76. The van der Waals surface area contributed by atoms with Crippen LogP contribution in [0, 0.1) is 6.92 Å². The molecule has 0 saturated heterocycles. The van der Waals surface area contributed by atoms with Crippen LogP contribution in [0.2, 0.25) is 0 Å². The molecule has 0 fully saturated rings. The molecule has 5 nitrogen and oxygen atoms in total. The van der Waals surface area contributed by atoms with Gasteiger partial charge in [0.25, 0.3) is 15.9 Å². The lowest BCUT2D eigenvalue weighted by Gasteiger charge is -2.30. The van der Waals surface area contributed by atoms with Crippen LogP contribution in [0.15, 0.2) is 83.8 Å². The molecule has 0 bridgehead atoms. The van der Waals surface area contributed by atoms with E-state index in [4.69, 9.17) is 0 Å². The molecule has 1 aliphatic rings. The lowest BCUT2D eigenvalue weighted by atomic mass is 9.95. The average molecular weight is 404 g/mol. The minimum Gasteiger partial charge on any atom is -0.321 e. The van der Waals surface area contributed by atoms with Gasteiger partial charge in [-0.2, -0.15) is 0 Å². The summed E-state index contributed by atoms with van der Waals surface area (Å²) >= 11 is 0. The third-order valence-electron chi connectivity index (χ3n) is 4.90. The fourth-order valence-corrected chi connectivity index (χ4v) is 4.97. The Balaban J connectivity index is 1.97. The highest BCUT2D eigenvalue weighted by Crippen LogP contribution is 2.42. The molecule has 4 rings (SSSR count). The zero-order valence-corrected chi connectivity index (χ0v) is 16.9. The van der Waals surface area contributed by atoms with Crippen molar-refractivity contribution in [1.82, 2.24) is 0 Å². The van der Waals surface area contributed by atoms with Gasteiger partial charge in [-0.25, -0.2) is 8.42 Å². The van der Waals surface area contributed by atoms with E-state index in [0.29, 0.717) is 28.1 Å². The first-order valence-corrected chi connectivity index (χ1v) is 10.6. The number of carbonyl (C=O) groups excluding carboxylic acids is 1. The van der Waals surface area contributed by atoms with Crippen molar-refractivity contribution in [2.75, 3.05) is 16.7 Å². The van der Waals surface area contributed by atoms with E-state index in [2.05, 4.69) is 5.32 Å². The number of para-hydroxylation sites is 1. The quantitative estimate of drug-likeness (QED) is 0.712. The van der Waals surface area contributed by atoms with E-state index in [1.165, 1.54) is 11.4 Å². The number of anilines is 2. The number of benzene rings is 3. The van der Waals surface area contributed by atoms with Crippen LogP contribution in [-0.2, 0) is 14.8 Å². The van der Waals surface area contributed by atoms with Crippen LogP contribution in [0.1, 0.15) is 16.7 Å². The van der Waals surface area contributed by atoms with Crippen molar-refractivity contribution in [2.45, 2.75) is 6.92 Å². The Morgan fingerprint density at radius 1 is 0.897 bits per heavy atom. The van der Waals surface area contributed by atoms with Crippen LogP contribution in [0.5, 0.6) is 0 Å². The van der Waals surface area contributed by atoms with Gasteiger partial charge < -0.3 is 5.32 Å². The highest BCUT2D eigenvalue weighted by atomic mass is 32.2. The standard InChI is InChI=1S/C23H20N2O3S/c1-16-9-8-12-18(15-16)24-23(26)22-21(17-10-4-3-5-11-17)19-13-6-7-14-20(19)25(2)29(22,27)28/h3-15H,1-2H3,(H,24,26). The number of rotatable bonds is 3. The van der Waals surface area contributed by atoms with E-state index >= 15 is 0 Å². The van der Waals surface area contributed by atoms with Gasteiger partial charge in [0.15, 0.2) is 4.91 Å².